The molecule has 0 saturated carbocycles. The van der Waals surface area contributed by atoms with E-state index in [1.807, 2.05) is 23.6 Å². The van der Waals surface area contributed by atoms with Crippen molar-refractivity contribution in [2.75, 3.05) is 6.61 Å². The third-order valence-corrected chi connectivity index (χ3v) is 2.97. The Labute approximate surface area is 118 Å². The monoisotopic (exact) mass is 276 g/mol. The molecule has 0 aliphatic rings. The number of phenolic OH excluding ortho intramolecular Hbond substituents is 1. The second-order valence-corrected chi connectivity index (χ2v) is 4.37. The standard InChI is InChI=1S/C14H20N4O2/c1-3-18-10-16-17-14(18)9-15-8-11-5-6-12(19)13(7-11)20-4-2/h5-7,10,15,19H,3-4,8-9H2,1-2H3. The molecule has 1 aromatic heterocycles. The van der Waals surface area contributed by atoms with Crippen molar-refractivity contribution in [2.24, 2.45) is 0 Å². The smallest absolute Gasteiger partial charge is 0.161 e. The van der Waals surface area contributed by atoms with Gasteiger partial charge in [0, 0.05) is 13.1 Å². The van der Waals surface area contributed by atoms with Crippen LogP contribution in [0, 0.1) is 0 Å². The van der Waals surface area contributed by atoms with E-state index in [9.17, 15) is 5.11 Å². The molecule has 6 nitrogen and oxygen atoms in total. The molecule has 0 spiro atoms. The summed E-state index contributed by atoms with van der Waals surface area (Å²) >= 11 is 0. The van der Waals surface area contributed by atoms with Crippen LogP contribution < -0.4 is 10.1 Å². The van der Waals surface area contributed by atoms with E-state index in [1.54, 1.807) is 12.4 Å². The van der Waals surface area contributed by atoms with Crippen molar-refractivity contribution in [3.8, 4) is 11.5 Å². The zero-order valence-corrected chi connectivity index (χ0v) is 11.8. The number of aryl methyl sites for hydroxylation is 1. The van der Waals surface area contributed by atoms with Crippen molar-refractivity contribution < 1.29 is 9.84 Å². The summed E-state index contributed by atoms with van der Waals surface area (Å²) < 4.78 is 7.36. The second kappa shape index (κ2) is 6.91. The van der Waals surface area contributed by atoms with Crippen molar-refractivity contribution in [3.05, 3.63) is 35.9 Å². The van der Waals surface area contributed by atoms with Crippen LogP contribution in [0.3, 0.4) is 0 Å². The molecule has 1 heterocycles. The first kappa shape index (κ1) is 14.3. The first-order chi connectivity index (χ1) is 9.74. The maximum absolute atomic E-state index is 9.64. The van der Waals surface area contributed by atoms with Gasteiger partial charge in [0.25, 0.3) is 0 Å². The molecule has 0 amide bonds. The van der Waals surface area contributed by atoms with Gasteiger partial charge in [-0.05, 0) is 31.5 Å². The maximum atomic E-state index is 9.64. The summed E-state index contributed by atoms with van der Waals surface area (Å²) in [7, 11) is 0. The summed E-state index contributed by atoms with van der Waals surface area (Å²) in [5.41, 5.74) is 1.05. The maximum Gasteiger partial charge on any atom is 0.161 e. The number of hydrogen-bond acceptors (Lipinski definition) is 5. The molecule has 6 heteroatoms. The molecule has 20 heavy (non-hydrogen) atoms. The summed E-state index contributed by atoms with van der Waals surface area (Å²) in [6.45, 7) is 6.67. The van der Waals surface area contributed by atoms with Crippen LogP contribution in [0.1, 0.15) is 25.2 Å². The fraction of sp³-hybridized carbons (Fsp3) is 0.429. The topological polar surface area (TPSA) is 72.2 Å². The van der Waals surface area contributed by atoms with Gasteiger partial charge < -0.3 is 19.7 Å². The van der Waals surface area contributed by atoms with Gasteiger partial charge in [-0.2, -0.15) is 0 Å². The van der Waals surface area contributed by atoms with Gasteiger partial charge in [-0.3, -0.25) is 0 Å². The highest BCUT2D eigenvalue weighted by molar-refractivity contribution is 5.41. The third kappa shape index (κ3) is 3.48. The first-order valence-corrected chi connectivity index (χ1v) is 6.76. The lowest BCUT2D eigenvalue weighted by atomic mass is 10.2. The van der Waals surface area contributed by atoms with Crippen molar-refractivity contribution >= 4 is 0 Å². The summed E-state index contributed by atoms with van der Waals surface area (Å²) in [5, 5.41) is 20.9. The molecule has 2 rings (SSSR count). The van der Waals surface area contributed by atoms with Crippen LogP contribution in [0.25, 0.3) is 0 Å². The number of ether oxygens (including phenoxy) is 1. The molecule has 2 N–H and O–H groups in total. The molecule has 0 unspecified atom stereocenters. The number of aromatic nitrogens is 3. The van der Waals surface area contributed by atoms with Crippen molar-refractivity contribution in [3.63, 3.8) is 0 Å². The van der Waals surface area contributed by atoms with Gasteiger partial charge in [0.05, 0.1) is 13.2 Å². The van der Waals surface area contributed by atoms with E-state index in [4.69, 9.17) is 4.74 Å². The Hall–Kier alpha value is -2.08. The predicted octanol–water partition coefficient (Wildman–Crippen LogP) is 1.69. The Balaban J connectivity index is 1.92. The normalized spacial score (nSPS) is 10.7. The largest absolute Gasteiger partial charge is 0.504 e. The van der Waals surface area contributed by atoms with Crippen molar-refractivity contribution in [2.45, 2.75) is 33.5 Å². The minimum Gasteiger partial charge on any atom is -0.504 e. The molecule has 0 saturated heterocycles. The number of aromatic hydroxyl groups is 1. The molecule has 0 aliphatic heterocycles. The average Bonchev–Trinajstić information content (AvgIpc) is 2.90. The quantitative estimate of drug-likeness (QED) is 0.805. The number of phenols is 1. The molecule has 0 fully saturated rings. The van der Waals surface area contributed by atoms with Gasteiger partial charge in [-0.15, -0.1) is 10.2 Å². The van der Waals surface area contributed by atoms with Crippen molar-refractivity contribution in [1.29, 1.82) is 0 Å². The Kier molecular flexibility index (Phi) is 4.95. The van der Waals surface area contributed by atoms with Gasteiger partial charge in [0.1, 0.15) is 12.2 Å². The van der Waals surface area contributed by atoms with E-state index < -0.39 is 0 Å². The SMILES string of the molecule is CCOc1cc(CNCc2nncn2CC)ccc1O. The number of rotatable bonds is 7. The van der Waals surface area contributed by atoms with Crippen LogP contribution in [0.4, 0.5) is 0 Å². The predicted molar refractivity (Wildman–Crippen MR) is 75.5 cm³/mol. The van der Waals surface area contributed by atoms with Crippen LogP contribution in [-0.4, -0.2) is 26.5 Å². The Bertz CT molecular complexity index is 554. The summed E-state index contributed by atoms with van der Waals surface area (Å²) in [6.07, 6.45) is 1.73. The highest BCUT2D eigenvalue weighted by atomic mass is 16.5. The fourth-order valence-electron chi connectivity index (χ4n) is 1.94. The number of nitrogens with zero attached hydrogens (tertiary/aromatic N) is 3. The average molecular weight is 276 g/mol. The molecule has 2 aromatic rings. The van der Waals surface area contributed by atoms with Gasteiger partial charge in [0.2, 0.25) is 0 Å². The lowest BCUT2D eigenvalue weighted by molar-refractivity contribution is 0.317. The molecule has 0 bridgehead atoms. The molecule has 0 aliphatic carbocycles. The lowest BCUT2D eigenvalue weighted by Gasteiger charge is -2.09. The summed E-state index contributed by atoms with van der Waals surface area (Å²) in [6, 6.07) is 5.36. The lowest BCUT2D eigenvalue weighted by Crippen LogP contribution is -2.16. The Morgan fingerprint density at radius 2 is 2.15 bits per heavy atom. The second-order valence-electron chi connectivity index (χ2n) is 4.37. The molecule has 1 aromatic carbocycles. The first-order valence-electron chi connectivity index (χ1n) is 6.76. The molecular formula is C14H20N4O2. The summed E-state index contributed by atoms with van der Waals surface area (Å²) in [4.78, 5) is 0. The molecular weight excluding hydrogens is 256 g/mol. The van der Waals surface area contributed by atoms with E-state index in [1.165, 1.54) is 0 Å². The number of nitrogens with one attached hydrogen (secondary N) is 1. The van der Waals surface area contributed by atoms with Crippen molar-refractivity contribution in [1.82, 2.24) is 20.1 Å². The van der Waals surface area contributed by atoms with Gasteiger partial charge in [-0.1, -0.05) is 6.07 Å². The Morgan fingerprint density at radius 1 is 1.30 bits per heavy atom. The molecule has 0 atom stereocenters. The Morgan fingerprint density at radius 3 is 2.90 bits per heavy atom. The van der Waals surface area contributed by atoms with Crippen LogP contribution in [0.15, 0.2) is 24.5 Å². The van der Waals surface area contributed by atoms with Crippen LogP contribution >= 0.6 is 0 Å². The minimum absolute atomic E-state index is 0.168. The molecule has 108 valence electrons. The zero-order valence-electron chi connectivity index (χ0n) is 11.8. The molecule has 0 radical (unpaired) electrons. The highest BCUT2D eigenvalue weighted by Crippen LogP contribution is 2.26. The fourth-order valence-corrected chi connectivity index (χ4v) is 1.94. The van der Waals surface area contributed by atoms with Gasteiger partial charge in [-0.25, -0.2) is 0 Å². The highest BCUT2D eigenvalue weighted by Gasteiger charge is 2.05. The van der Waals surface area contributed by atoms with E-state index in [0.29, 0.717) is 25.4 Å². The van der Waals surface area contributed by atoms with Crippen LogP contribution in [-0.2, 0) is 19.6 Å². The number of benzene rings is 1. The van der Waals surface area contributed by atoms with E-state index in [2.05, 4.69) is 22.4 Å². The third-order valence-electron chi connectivity index (χ3n) is 2.97. The van der Waals surface area contributed by atoms with E-state index >= 15 is 0 Å². The zero-order chi connectivity index (χ0) is 14.4. The number of hydrogen-bond donors (Lipinski definition) is 2. The van der Waals surface area contributed by atoms with Crippen LogP contribution in [0.2, 0.25) is 0 Å². The van der Waals surface area contributed by atoms with Gasteiger partial charge in [0.15, 0.2) is 11.5 Å². The van der Waals surface area contributed by atoms with Gasteiger partial charge >= 0.3 is 0 Å². The van der Waals surface area contributed by atoms with E-state index in [0.717, 1.165) is 17.9 Å². The minimum atomic E-state index is 0.168. The van der Waals surface area contributed by atoms with Crippen LogP contribution in [0.5, 0.6) is 11.5 Å². The van der Waals surface area contributed by atoms with E-state index in [-0.39, 0.29) is 5.75 Å². The summed E-state index contributed by atoms with van der Waals surface area (Å²) in [5.74, 6) is 1.60.